The molecule has 0 spiro atoms. The van der Waals surface area contributed by atoms with Crippen molar-refractivity contribution in [2.45, 2.75) is 20.3 Å². The lowest BCUT2D eigenvalue weighted by Gasteiger charge is -2.23. The highest BCUT2D eigenvalue weighted by atomic mass is 32.1. The third kappa shape index (κ3) is 4.90. The number of nitrogens with zero attached hydrogens (tertiary/aromatic N) is 1. The largest absolute Gasteiger partial charge is 0.370 e. The molecule has 4 heteroatoms. The van der Waals surface area contributed by atoms with Crippen LogP contribution in [0.4, 0.5) is 5.69 Å². The third-order valence-electron chi connectivity index (χ3n) is 3.37. The molecule has 2 aromatic rings. The molecule has 21 heavy (non-hydrogen) atoms. The molecule has 0 aliphatic rings. The van der Waals surface area contributed by atoms with Crippen LogP contribution in [0.2, 0.25) is 0 Å². The number of likely N-dealkylation sites (N-methyl/N-ethyl adjacent to an activating group) is 1. The summed E-state index contributed by atoms with van der Waals surface area (Å²) in [6.07, 6.45) is 0.480. The van der Waals surface area contributed by atoms with E-state index in [4.69, 9.17) is 0 Å². The zero-order valence-electron chi connectivity index (χ0n) is 12.6. The van der Waals surface area contributed by atoms with Gasteiger partial charge in [-0.05, 0) is 43.0 Å². The van der Waals surface area contributed by atoms with Crippen LogP contribution in [0.3, 0.4) is 0 Å². The second-order valence-electron chi connectivity index (χ2n) is 5.02. The number of carbonyl (C=O) groups is 1. The van der Waals surface area contributed by atoms with Gasteiger partial charge in [-0.3, -0.25) is 4.79 Å². The summed E-state index contributed by atoms with van der Waals surface area (Å²) >= 11 is 1.62. The molecule has 1 heterocycles. The number of amides is 1. The summed E-state index contributed by atoms with van der Waals surface area (Å²) in [7, 11) is 0. The highest BCUT2D eigenvalue weighted by molar-refractivity contribution is 7.10. The molecule has 3 nitrogen and oxygen atoms in total. The SMILES string of the molecule is CCN(CCNC(=O)Cc1cccs1)c1cccc(C)c1. The lowest BCUT2D eigenvalue weighted by atomic mass is 10.2. The Balaban J connectivity index is 1.79. The van der Waals surface area contributed by atoms with E-state index < -0.39 is 0 Å². The summed E-state index contributed by atoms with van der Waals surface area (Å²) in [5.41, 5.74) is 2.47. The van der Waals surface area contributed by atoms with Crippen molar-refractivity contribution in [2.24, 2.45) is 0 Å². The van der Waals surface area contributed by atoms with E-state index in [9.17, 15) is 4.79 Å². The van der Waals surface area contributed by atoms with Crippen LogP contribution in [-0.4, -0.2) is 25.5 Å². The first-order valence-electron chi connectivity index (χ1n) is 7.29. The number of carbonyl (C=O) groups excluding carboxylic acids is 1. The van der Waals surface area contributed by atoms with Gasteiger partial charge in [0, 0.05) is 30.2 Å². The number of benzene rings is 1. The quantitative estimate of drug-likeness (QED) is 0.851. The van der Waals surface area contributed by atoms with Crippen molar-refractivity contribution in [1.82, 2.24) is 5.32 Å². The number of hydrogen-bond acceptors (Lipinski definition) is 3. The van der Waals surface area contributed by atoms with Gasteiger partial charge in [0.25, 0.3) is 0 Å². The number of rotatable bonds is 7. The van der Waals surface area contributed by atoms with Crippen LogP contribution in [0, 0.1) is 6.92 Å². The lowest BCUT2D eigenvalue weighted by molar-refractivity contribution is -0.120. The average molecular weight is 302 g/mol. The van der Waals surface area contributed by atoms with Gasteiger partial charge in [-0.1, -0.05) is 18.2 Å². The van der Waals surface area contributed by atoms with E-state index in [0.717, 1.165) is 18.0 Å². The van der Waals surface area contributed by atoms with Crippen LogP contribution in [0.25, 0.3) is 0 Å². The van der Waals surface area contributed by atoms with Crippen molar-refractivity contribution in [2.75, 3.05) is 24.5 Å². The molecular formula is C17H22N2OS. The van der Waals surface area contributed by atoms with Gasteiger partial charge in [-0.2, -0.15) is 0 Å². The zero-order chi connectivity index (χ0) is 15.1. The van der Waals surface area contributed by atoms with Crippen LogP contribution in [0.1, 0.15) is 17.4 Å². The highest BCUT2D eigenvalue weighted by Gasteiger charge is 2.07. The van der Waals surface area contributed by atoms with Gasteiger partial charge in [0.15, 0.2) is 0 Å². The van der Waals surface area contributed by atoms with Gasteiger partial charge in [-0.15, -0.1) is 11.3 Å². The van der Waals surface area contributed by atoms with Gasteiger partial charge < -0.3 is 10.2 Å². The van der Waals surface area contributed by atoms with Crippen molar-refractivity contribution >= 4 is 22.9 Å². The fraction of sp³-hybridized carbons (Fsp3) is 0.353. The summed E-state index contributed by atoms with van der Waals surface area (Å²) in [5, 5.41) is 5.00. The predicted molar refractivity (Wildman–Crippen MR) is 90.1 cm³/mol. The fourth-order valence-corrected chi connectivity index (χ4v) is 2.96. The Morgan fingerprint density at radius 1 is 1.29 bits per heavy atom. The summed E-state index contributed by atoms with van der Waals surface area (Å²) in [6.45, 7) is 6.67. The van der Waals surface area contributed by atoms with Gasteiger partial charge in [-0.25, -0.2) is 0 Å². The topological polar surface area (TPSA) is 32.3 Å². The van der Waals surface area contributed by atoms with Crippen LogP contribution >= 0.6 is 11.3 Å². The monoisotopic (exact) mass is 302 g/mol. The lowest BCUT2D eigenvalue weighted by Crippen LogP contribution is -2.35. The first-order chi connectivity index (χ1) is 10.2. The van der Waals surface area contributed by atoms with Crippen molar-refractivity contribution in [1.29, 1.82) is 0 Å². The molecule has 2 rings (SSSR count). The molecule has 1 aromatic heterocycles. The standard InChI is InChI=1S/C17H22N2OS/c1-3-19(15-7-4-6-14(2)12-15)10-9-18-17(20)13-16-8-5-11-21-16/h4-8,11-12H,3,9-10,13H2,1-2H3,(H,18,20). The van der Waals surface area contributed by atoms with E-state index >= 15 is 0 Å². The fourth-order valence-electron chi connectivity index (χ4n) is 2.26. The van der Waals surface area contributed by atoms with Crippen molar-refractivity contribution in [3.63, 3.8) is 0 Å². The molecule has 0 radical (unpaired) electrons. The zero-order valence-corrected chi connectivity index (χ0v) is 13.5. The molecule has 0 saturated heterocycles. The summed E-state index contributed by atoms with van der Waals surface area (Å²) < 4.78 is 0. The molecule has 1 aromatic carbocycles. The second kappa shape index (κ2) is 7.84. The number of nitrogens with one attached hydrogen (secondary N) is 1. The normalized spacial score (nSPS) is 10.4. The Labute approximate surface area is 130 Å². The van der Waals surface area contributed by atoms with E-state index in [1.807, 2.05) is 17.5 Å². The molecule has 0 bridgehead atoms. The van der Waals surface area contributed by atoms with Crippen LogP contribution in [-0.2, 0) is 11.2 Å². The number of aryl methyl sites for hydroxylation is 1. The van der Waals surface area contributed by atoms with Gasteiger partial charge in [0.1, 0.15) is 0 Å². The maximum atomic E-state index is 11.8. The summed E-state index contributed by atoms with van der Waals surface area (Å²) in [6, 6.07) is 12.4. The number of hydrogen-bond donors (Lipinski definition) is 1. The second-order valence-corrected chi connectivity index (χ2v) is 6.06. The van der Waals surface area contributed by atoms with Crippen molar-refractivity contribution in [3.8, 4) is 0 Å². The van der Waals surface area contributed by atoms with Gasteiger partial charge in [0.2, 0.25) is 5.91 Å². The minimum absolute atomic E-state index is 0.0951. The van der Waals surface area contributed by atoms with Crippen LogP contribution < -0.4 is 10.2 Å². The van der Waals surface area contributed by atoms with E-state index in [2.05, 4.69) is 48.3 Å². The molecule has 1 N–H and O–H groups in total. The highest BCUT2D eigenvalue weighted by Crippen LogP contribution is 2.15. The van der Waals surface area contributed by atoms with Gasteiger partial charge in [0.05, 0.1) is 6.42 Å². The molecule has 0 unspecified atom stereocenters. The Morgan fingerprint density at radius 2 is 2.14 bits per heavy atom. The molecular weight excluding hydrogens is 280 g/mol. The Morgan fingerprint density at radius 3 is 2.81 bits per heavy atom. The maximum absolute atomic E-state index is 11.8. The molecule has 0 aliphatic carbocycles. The first kappa shape index (κ1) is 15.6. The van der Waals surface area contributed by atoms with Gasteiger partial charge >= 0.3 is 0 Å². The molecule has 0 saturated carbocycles. The first-order valence-corrected chi connectivity index (χ1v) is 8.17. The van der Waals surface area contributed by atoms with E-state index in [1.54, 1.807) is 11.3 Å². The molecule has 1 amide bonds. The summed E-state index contributed by atoms with van der Waals surface area (Å²) in [4.78, 5) is 15.2. The molecule has 112 valence electrons. The minimum Gasteiger partial charge on any atom is -0.370 e. The van der Waals surface area contributed by atoms with Crippen LogP contribution in [0.15, 0.2) is 41.8 Å². The Bertz CT molecular complexity index is 566. The number of anilines is 1. The average Bonchev–Trinajstić information content (AvgIpc) is 2.96. The van der Waals surface area contributed by atoms with E-state index in [-0.39, 0.29) is 5.91 Å². The smallest absolute Gasteiger partial charge is 0.225 e. The molecule has 0 aliphatic heterocycles. The minimum atomic E-state index is 0.0951. The third-order valence-corrected chi connectivity index (χ3v) is 4.24. The van der Waals surface area contributed by atoms with E-state index in [0.29, 0.717) is 13.0 Å². The molecule has 0 atom stereocenters. The van der Waals surface area contributed by atoms with Crippen molar-refractivity contribution in [3.05, 3.63) is 52.2 Å². The Kier molecular flexibility index (Phi) is 5.81. The molecule has 0 fully saturated rings. The Hall–Kier alpha value is -1.81. The maximum Gasteiger partial charge on any atom is 0.225 e. The predicted octanol–water partition coefficient (Wildman–Crippen LogP) is 3.24. The van der Waals surface area contributed by atoms with Crippen LogP contribution in [0.5, 0.6) is 0 Å². The number of thiophene rings is 1. The van der Waals surface area contributed by atoms with Crippen molar-refractivity contribution < 1.29 is 4.79 Å². The van der Waals surface area contributed by atoms with E-state index in [1.165, 1.54) is 11.3 Å². The summed E-state index contributed by atoms with van der Waals surface area (Å²) in [5.74, 6) is 0.0951.